The van der Waals surface area contributed by atoms with Crippen LogP contribution in [0.4, 0.5) is 11.6 Å². The molecule has 2 aromatic heterocycles. The smallest absolute Gasteiger partial charge is 0.131 e. The number of nitrogens with one attached hydrogen (secondary N) is 1. The summed E-state index contributed by atoms with van der Waals surface area (Å²) >= 11 is 0. The number of benzene rings is 1. The van der Waals surface area contributed by atoms with Gasteiger partial charge >= 0.3 is 0 Å². The van der Waals surface area contributed by atoms with Crippen molar-refractivity contribution < 1.29 is 0 Å². The van der Waals surface area contributed by atoms with E-state index >= 15 is 0 Å². The van der Waals surface area contributed by atoms with Crippen molar-refractivity contribution in [2.75, 3.05) is 11.9 Å². The Balaban J connectivity index is 1.51. The Labute approximate surface area is 154 Å². The summed E-state index contributed by atoms with van der Waals surface area (Å²) in [6.45, 7) is 4.09. The molecule has 3 heterocycles. The van der Waals surface area contributed by atoms with Crippen LogP contribution in [-0.2, 0) is 6.54 Å². The maximum atomic E-state index is 4.88. The first-order valence-corrected chi connectivity index (χ1v) is 9.23. The highest BCUT2D eigenvalue weighted by molar-refractivity contribution is 5.51. The molecule has 1 atom stereocenters. The number of pyridine rings is 2. The fraction of sp³-hybridized carbons (Fsp3) is 0.273. The summed E-state index contributed by atoms with van der Waals surface area (Å²) in [6.07, 6.45) is 2.38. The fourth-order valence-electron chi connectivity index (χ4n) is 3.62. The van der Waals surface area contributed by atoms with Crippen LogP contribution in [0.2, 0.25) is 0 Å². The number of likely N-dealkylation sites (tertiary alicyclic amines) is 1. The highest BCUT2D eigenvalue weighted by Gasteiger charge is 2.27. The Hall–Kier alpha value is -2.72. The fourth-order valence-corrected chi connectivity index (χ4v) is 3.62. The maximum absolute atomic E-state index is 4.88. The monoisotopic (exact) mass is 344 g/mol. The van der Waals surface area contributed by atoms with E-state index in [-0.39, 0.29) is 0 Å². The lowest BCUT2D eigenvalue weighted by molar-refractivity contribution is 0.244. The van der Waals surface area contributed by atoms with E-state index in [2.05, 4.69) is 57.7 Å². The Kier molecular flexibility index (Phi) is 4.93. The van der Waals surface area contributed by atoms with Gasteiger partial charge in [0, 0.05) is 12.2 Å². The van der Waals surface area contributed by atoms with Gasteiger partial charge in [-0.2, -0.15) is 0 Å². The minimum atomic E-state index is 0.377. The van der Waals surface area contributed by atoms with E-state index in [1.165, 1.54) is 12.0 Å². The van der Waals surface area contributed by atoms with Crippen LogP contribution in [0.15, 0.2) is 66.7 Å². The first-order valence-electron chi connectivity index (χ1n) is 9.23. The molecular weight excluding hydrogens is 320 g/mol. The summed E-state index contributed by atoms with van der Waals surface area (Å²) < 4.78 is 0. The van der Waals surface area contributed by atoms with Gasteiger partial charge < -0.3 is 5.32 Å². The molecule has 0 bridgehead atoms. The van der Waals surface area contributed by atoms with Crippen LogP contribution >= 0.6 is 0 Å². The van der Waals surface area contributed by atoms with Gasteiger partial charge in [-0.3, -0.25) is 4.90 Å². The molecule has 4 heteroatoms. The molecule has 0 aliphatic carbocycles. The topological polar surface area (TPSA) is 41.0 Å². The summed E-state index contributed by atoms with van der Waals surface area (Å²) in [5.41, 5.74) is 3.49. The van der Waals surface area contributed by atoms with E-state index < -0.39 is 0 Å². The first-order chi connectivity index (χ1) is 12.8. The Morgan fingerprint density at radius 2 is 1.69 bits per heavy atom. The average molecular weight is 344 g/mol. The molecule has 1 N–H and O–H groups in total. The third-order valence-corrected chi connectivity index (χ3v) is 4.85. The SMILES string of the molecule is Cc1cccc(Nc2cccc(C3CCCN3Cc3ccccc3)n2)n1. The third-order valence-electron chi connectivity index (χ3n) is 4.85. The molecule has 0 saturated carbocycles. The molecule has 26 heavy (non-hydrogen) atoms. The lowest BCUT2D eigenvalue weighted by atomic mass is 10.1. The summed E-state index contributed by atoms with van der Waals surface area (Å²) in [5, 5.41) is 3.33. The van der Waals surface area contributed by atoms with Crippen molar-refractivity contribution in [2.45, 2.75) is 32.4 Å². The number of anilines is 2. The van der Waals surface area contributed by atoms with Crippen molar-refractivity contribution in [3.8, 4) is 0 Å². The predicted molar refractivity (Wildman–Crippen MR) is 105 cm³/mol. The standard InChI is InChI=1S/C22H24N4/c1-17-8-5-13-21(23-17)25-22-14-6-11-19(24-22)20-12-7-15-26(20)16-18-9-3-2-4-10-18/h2-6,8-11,13-14,20H,7,12,15-16H2,1H3,(H,23,24,25). The number of nitrogens with zero attached hydrogens (tertiary/aromatic N) is 3. The van der Waals surface area contributed by atoms with Crippen LogP contribution in [0.25, 0.3) is 0 Å². The number of hydrogen-bond acceptors (Lipinski definition) is 4. The van der Waals surface area contributed by atoms with Gasteiger partial charge in [0.15, 0.2) is 0 Å². The van der Waals surface area contributed by atoms with Gasteiger partial charge in [-0.25, -0.2) is 9.97 Å². The number of rotatable bonds is 5. The van der Waals surface area contributed by atoms with Gasteiger partial charge in [0.05, 0.1) is 11.7 Å². The van der Waals surface area contributed by atoms with Crippen molar-refractivity contribution in [3.05, 3.63) is 83.7 Å². The van der Waals surface area contributed by atoms with Gasteiger partial charge in [0.1, 0.15) is 11.6 Å². The summed E-state index contributed by atoms with van der Waals surface area (Å²) in [5.74, 6) is 1.69. The molecule has 1 aromatic carbocycles. The molecule has 3 aromatic rings. The van der Waals surface area contributed by atoms with Gasteiger partial charge in [0.25, 0.3) is 0 Å². The van der Waals surface area contributed by atoms with Crippen LogP contribution in [-0.4, -0.2) is 21.4 Å². The molecule has 4 rings (SSSR count). The van der Waals surface area contributed by atoms with E-state index in [1.807, 2.05) is 31.2 Å². The maximum Gasteiger partial charge on any atom is 0.131 e. The second-order valence-electron chi connectivity index (χ2n) is 6.85. The van der Waals surface area contributed by atoms with E-state index in [9.17, 15) is 0 Å². The molecule has 0 radical (unpaired) electrons. The summed E-state index contributed by atoms with van der Waals surface area (Å²) in [7, 11) is 0. The molecule has 0 spiro atoms. The van der Waals surface area contributed by atoms with Gasteiger partial charge in [-0.1, -0.05) is 42.5 Å². The molecule has 0 amide bonds. The van der Waals surface area contributed by atoms with Gasteiger partial charge in [-0.15, -0.1) is 0 Å². The van der Waals surface area contributed by atoms with E-state index in [1.54, 1.807) is 0 Å². The zero-order chi connectivity index (χ0) is 17.8. The Bertz CT molecular complexity index is 863. The second kappa shape index (κ2) is 7.67. The molecule has 1 aliphatic rings. The van der Waals surface area contributed by atoms with Crippen molar-refractivity contribution in [1.82, 2.24) is 14.9 Å². The Morgan fingerprint density at radius 1 is 0.923 bits per heavy atom. The summed E-state index contributed by atoms with van der Waals surface area (Å²) in [6, 6.07) is 23.3. The molecule has 132 valence electrons. The first kappa shape index (κ1) is 16.7. The van der Waals surface area contributed by atoms with Crippen LogP contribution < -0.4 is 5.32 Å². The quantitative estimate of drug-likeness (QED) is 0.717. The van der Waals surface area contributed by atoms with Crippen molar-refractivity contribution in [1.29, 1.82) is 0 Å². The highest BCUT2D eigenvalue weighted by atomic mass is 15.2. The predicted octanol–water partition coefficient (Wildman–Crippen LogP) is 4.87. The minimum Gasteiger partial charge on any atom is -0.325 e. The van der Waals surface area contributed by atoms with Crippen molar-refractivity contribution in [3.63, 3.8) is 0 Å². The molecule has 1 fully saturated rings. The van der Waals surface area contributed by atoms with Crippen molar-refractivity contribution >= 4 is 11.6 Å². The largest absolute Gasteiger partial charge is 0.325 e. The number of aromatic nitrogens is 2. The molecule has 1 aliphatic heterocycles. The minimum absolute atomic E-state index is 0.377. The molecular formula is C22H24N4. The Morgan fingerprint density at radius 3 is 2.50 bits per heavy atom. The van der Waals surface area contributed by atoms with E-state index in [4.69, 9.17) is 4.98 Å². The molecule has 4 nitrogen and oxygen atoms in total. The molecule has 1 unspecified atom stereocenters. The van der Waals surface area contributed by atoms with Crippen LogP contribution in [0.3, 0.4) is 0 Å². The van der Waals surface area contributed by atoms with Crippen LogP contribution in [0, 0.1) is 6.92 Å². The van der Waals surface area contributed by atoms with E-state index in [0.717, 1.165) is 42.5 Å². The van der Waals surface area contributed by atoms with Crippen LogP contribution in [0.5, 0.6) is 0 Å². The third kappa shape index (κ3) is 3.92. The normalized spacial score (nSPS) is 17.3. The zero-order valence-corrected chi connectivity index (χ0v) is 15.1. The highest BCUT2D eigenvalue weighted by Crippen LogP contribution is 2.32. The summed E-state index contributed by atoms with van der Waals surface area (Å²) in [4.78, 5) is 11.9. The van der Waals surface area contributed by atoms with Gasteiger partial charge in [-0.05, 0) is 56.1 Å². The molecule has 1 saturated heterocycles. The zero-order valence-electron chi connectivity index (χ0n) is 15.1. The van der Waals surface area contributed by atoms with Crippen molar-refractivity contribution in [2.24, 2.45) is 0 Å². The number of hydrogen-bond donors (Lipinski definition) is 1. The van der Waals surface area contributed by atoms with E-state index in [0.29, 0.717) is 6.04 Å². The van der Waals surface area contributed by atoms with Gasteiger partial charge in [0.2, 0.25) is 0 Å². The second-order valence-corrected chi connectivity index (χ2v) is 6.85. The average Bonchev–Trinajstić information content (AvgIpc) is 3.11. The lowest BCUT2D eigenvalue weighted by Crippen LogP contribution is -2.23. The number of aryl methyl sites for hydroxylation is 1. The lowest BCUT2D eigenvalue weighted by Gasteiger charge is -2.24. The van der Waals surface area contributed by atoms with Crippen LogP contribution in [0.1, 0.15) is 35.8 Å².